The molecule has 0 radical (unpaired) electrons. The van der Waals surface area contributed by atoms with Crippen molar-refractivity contribution in [2.75, 3.05) is 16.8 Å². The summed E-state index contributed by atoms with van der Waals surface area (Å²) in [5.74, 6) is -0.227. The molecule has 0 bridgehead atoms. The van der Waals surface area contributed by atoms with Crippen LogP contribution in [0.2, 0.25) is 0 Å². The van der Waals surface area contributed by atoms with Crippen LogP contribution in [0, 0.1) is 10.1 Å². The van der Waals surface area contributed by atoms with Gasteiger partial charge in [0.2, 0.25) is 0 Å². The average Bonchev–Trinajstić information content (AvgIpc) is 3.12. The third-order valence-corrected chi connectivity index (χ3v) is 4.63. The van der Waals surface area contributed by atoms with Crippen molar-refractivity contribution in [2.24, 2.45) is 0 Å². The molecule has 0 saturated heterocycles. The highest BCUT2D eigenvalue weighted by Crippen LogP contribution is 2.32. The van der Waals surface area contributed by atoms with Crippen LogP contribution >= 0.6 is 0 Å². The maximum atomic E-state index is 12.9. The van der Waals surface area contributed by atoms with E-state index in [1.54, 1.807) is 17.0 Å². The molecule has 0 aliphatic carbocycles. The van der Waals surface area contributed by atoms with E-state index in [4.69, 9.17) is 0 Å². The van der Waals surface area contributed by atoms with Crippen molar-refractivity contribution >= 4 is 28.7 Å². The minimum atomic E-state index is -0.472. The number of para-hydroxylation sites is 2. The lowest BCUT2D eigenvalue weighted by molar-refractivity contribution is -0.383. The first kappa shape index (κ1) is 16.8. The van der Waals surface area contributed by atoms with Crippen LogP contribution < -0.4 is 10.2 Å². The van der Waals surface area contributed by atoms with Gasteiger partial charge < -0.3 is 10.2 Å². The van der Waals surface area contributed by atoms with E-state index in [1.807, 2.05) is 54.6 Å². The number of fused-ring (bicyclic) bond motifs is 1. The fourth-order valence-electron chi connectivity index (χ4n) is 3.30. The number of hydrogen-bond acceptors (Lipinski definition) is 4. The third kappa shape index (κ3) is 3.25. The Hall–Kier alpha value is -3.67. The number of nitro benzene ring substituents is 1. The second kappa shape index (κ2) is 6.92. The predicted molar refractivity (Wildman–Crippen MR) is 105 cm³/mol. The molecule has 1 N–H and O–H groups in total. The SMILES string of the molecule is O=C(c1ccc(Nc2ccccc2)c([N+](=O)[O-])c1)N1CCc2ccccc21. The van der Waals surface area contributed by atoms with E-state index in [2.05, 4.69) is 5.32 Å². The van der Waals surface area contributed by atoms with Gasteiger partial charge in [0.05, 0.1) is 4.92 Å². The second-order valence-electron chi connectivity index (χ2n) is 6.32. The molecule has 0 saturated carbocycles. The molecule has 1 aliphatic rings. The summed E-state index contributed by atoms with van der Waals surface area (Å²) in [6.45, 7) is 0.579. The molecule has 6 nitrogen and oxygen atoms in total. The molecule has 134 valence electrons. The molecule has 6 heteroatoms. The second-order valence-corrected chi connectivity index (χ2v) is 6.32. The van der Waals surface area contributed by atoms with Crippen molar-refractivity contribution in [3.05, 3.63) is 94.0 Å². The van der Waals surface area contributed by atoms with Gasteiger partial charge in [0.25, 0.3) is 11.6 Å². The maximum Gasteiger partial charge on any atom is 0.293 e. The van der Waals surface area contributed by atoms with E-state index in [0.717, 1.165) is 23.4 Å². The number of nitro groups is 1. The summed E-state index contributed by atoms with van der Waals surface area (Å²) >= 11 is 0. The summed E-state index contributed by atoms with van der Waals surface area (Å²) in [6, 6.07) is 21.5. The fraction of sp³-hybridized carbons (Fsp3) is 0.0952. The quantitative estimate of drug-likeness (QED) is 0.548. The number of hydrogen-bond donors (Lipinski definition) is 1. The molecule has 0 fully saturated rings. The van der Waals surface area contributed by atoms with Crippen LogP contribution in [0.4, 0.5) is 22.7 Å². The summed E-state index contributed by atoms with van der Waals surface area (Å²) in [5.41, 5.74) is 3.26. The van der Waals surface area contributed by atoms with Gasteiger partial charge in [-0.1, -0.05) is 36.4 Å². The molecule has 0 atom stereocenters. The smallest absolute Gasteiger partial charge is 0.293 e. The molecule has 0 spiro atoms. The number of benzene rings is 3. The van der Waals surface area contributed by atoms with E-state index in [9.17, 15) is 14.9 Å². The monoisotopic (exact) mass is 359 g/mol. The van der Waals surface area contributed by atoms with Crippen LogP contribution in [0.1, 0.15) is 15.9 Å². The number of amides is 1. The van der Waals surface area contributed by atoms with E-state index in [-0.39, 0.29) is 11.6 Å². The molecule has 27 heavy (non-hydrogen) atoms. The number of nitrogens with zero attached hydrogens (tertiary/aromatic N) is 2. The molecule has 3 aromatic rings. The van der Waals surface area contributed by atoms with Gasteiger partial charge in [-0.3, -0.25) is 14.9 Å². The van der Waals surface area contributed by atoms with Crippen LogP contribution in [0.15, 0.2) is 72.8 Å². The van der Waals surface area contributed by atoms with Crippen LogP contribution in [0.25, 0.3) is 0 Å². The predicted octanol–water partition coefficient (Wildman–Crippen LogP) is 4.54. The van der Waals surface area contributed by atoms with Gasteiger partial charge in [0, 0.05) is 29.5 Å². The van der Waals surface area contributed by atoms with Crippen LogP contribution in [0.5, 0.6) is 0 Å². The average molecular weight is 359 g/mol. The van der Waals surface area contributed by atoms with Gasteiger partial charge in [-0.25, -0.2) is 0 Å². The standard InChI is InChI=1S/C21H17N3O3/c25-21(23-13-12-15-6-4-5-9-19(15)23)16-10-11-18(20(14-16)24(26)27)22-17-7-2-1-3-8-17/h1-11,14,22H,12-13H2. The molecule has 1 heterocycles. The Balaban J connectivity index is 1.65. The van der Waals surface area contributed by atoms with Crippen molar-refractivity contribution in [2.45, 2.75) is 6.42 Å². The van der Waals surface area contributed by atoms with Crippen molar-refractivity contribution in [1.82, 2.24) is 0 Å². The Kier molecular flexibility index (Phi) is 4.30. The largest absolute Gasteiger partial charge is 0.350 e. The van der Waals surface area contributed by atoms with Gasteiger partial charge >= 0.3 is 0 Å². The lowest BCUT2D eigenvalue weighted by atomic mass is 10.1. The summed E-state index contributed by atoms with van der Waals surface area (Å²) in [5, 5.41) is 14.6. The maximum absolute atomic E-state index is 12.9. The Morgan fingerprint density at radius 3 is 2.52 bits per heavy atom. The van der Waals surface area contributed by atoms with Gasteiger partial charge in [0.1, 0.15) is 5.69 Å². The van der Waals surface area contributed by atoms with Crippen molar-refractivity contribution < 1.29 is 9.72 Å². The van der Waals surface area contributed by atoms with Crippen LogP contribution in [0.3, 0.4) is 0 Å². The molecule has 1 amide bonds. The van der Waals surface area contributed by atoms with E-state index < -0.39 is 4.92 Å². The van der Waals surface area contributed by atoms with Gasteiger partial charge in [0.15, 0.2) is 0 Å². The highest BCUT2D eigenvalue weighted by molar-refractivity contribution is 6.08. The van der Waals surface area contributed by atoms with E-state index in [0.29, 0.717) is 17.8 Å². The van der Waals surface area contributed by atoms with Crippen molar-refractivity contribution in [3.8, 4) is 0 Å². The Morgan fingerprint density at radius 1 is 1.00 bits per heavy atom. The van der Waals surface area contributed by atoms with Crippen LogP contribution in [-0.4, -0.2) is 17.4 Å². The Morgan fingerprint density at radius 2 is 1.74 bits per heavy atom. The first-order chi connectivity index (χ1) is 13.1. The van der Waals surface area contributed by atoms with Crippen molar-refractivity contribution in [3.63, 3.8) is 0 Å². The summed E-state index contributed by atoms with van der Waals surface area (Å²) < 4.78 is 0. The Bertz CT molecular complexity index is 1020. The van der Waals surface area contributed by atoms with Gasteiger partial charge in [-0.2, -0.15) is 0 Å². The number of carbonyl (C=O) groups is 1. The summed E-state index contributed by atoms with van der Waals surface area (Å²) in [7, 11) is 0. The zero-order valence-corrected chi connectivity index (χ0v) is 14.5. The number of anilines is 3. The highest BCUT2D eigenvalue weighted by atomic mass is 16.6. The first-order valence-corrected chi connectivity index (χ1v) is 8.64. The minimum absolute atomic E-state index is 0.128. The van der Waals surface area contributed by atoms with Gasteiger partial charge in [-0.05, 0) is 42.3 Å². The summed E-state index contributed by atoms with van der Waals surface area (Å²) in [6.07, 6.45) is 0.789. The molecule has 0 aromatic heterocycles. The van der Waals surface area contributed by atoms with E-state index >= 15 is 0 Å². The topological polar surface area (TPSA) is 75.5 Å². The summed E-state index contributed by atoms with van der Waals surface area (Å²) in [4.78, 5) is 25.7. The fourth-order valence-corrected chi connectivity index (χ4v) is 3.30. The minimum Gasteiger partial charge on any atom is -0.350 e. The zero-order chi connectivity index (χ0) is 18.8. The first-order valence-electron chi connectivity index (χ1n) is 8.64. The highest BCUT2D eigenvalue weighted by Gasteiger charge is 2.27. The number of nitrogens with one attached hydrogen (secondary N) is 1. The molecular weight excluding hydrogens is 342 g/mol. The van der Waals surface area contributed by atoms with Crippen molar-refractivity contribution in [1.29, 1.82) is 0 Å². The normalized spacial score (nSPS) is 12.5. The lowest BCUT2D eigenvalue weighted by Gasteiger charge is -2.17. The number of rotatable bonds is 4. The molecule has 1 aliphatic heterocycles. The van der Waals surface area contributed by atoms with Gasteiger partial charge in [-0.15, -0.1) is 0 Å². The number of carbonyl (C=O) groups excluding carboxylic acids is 1. The molecule has 4 rings (SSSR count). The third-order valence-electron chi connectivity index (χ3n) is 4.63. The molecular formula is C21H17N3O3. The lowest BCUT2D eigenvalue weighted by Crippen LogP contribution is -2.28. The molecule has 3 aromatic carbocycles. The van der Waals surface area contributed by atoms with Crippen LogP contribution in [-0.2, 0) is 6.42 Å². The zero-order valence-electron chi connectivity index (χ0n) is 14.5. The Labute approximate surface area is 156 Å². The molecule has 0 unspecified atom stereocenters. The van der Waals surface area contributed by atoms with E-state index in [1.165, 1.54) is 6.07 Å².